The van der Waals surface area contributed by atoms with Crippen LogP contribution < -0.4 is 19.9 Å². The first kappa shape index (κ1) is 21.4. The van der Waals surface area contributed by atoms with Gasteiger partial charge in [-0.25, -0.2) is 9.97 Å². The van der Waals surface area contributed by atoms with Gasteiger partial charge in [0.1, 0.15) is 12.1 Å². The van der Waals surface area contributed by atoms with Crippen molar-refractivity contribution in [1.29, 1.82) is 0 Å². The van der Waals surface area contributed by atoms with Gasteiger partial charge in [-0.05, 0) is 49.7 Å². The molecule has 0 radical (unpaired) electrons. The zero-order chi connectivity index (χ0) is 22.7. The van der Waals surface area contributed by atoms with Crippen LogP contribution in [0.2, 0.25) is 0 Å². The Kier molecular flexibility index (Phi) is 6.07. The smallest absolute Gasteiger partial charge is 0.353 e. The van der Waals surface area contributed by atoms with Gasteiger partial charge in [0.05, 0.1) is 12.0 Å². The zero-order valence-corrected chi connectivity index (χ0v) is 18.4. The third-order valence-electron chi connectivity index (χ3n) is 5.64. The molecule has 166 valence electrons. The van der Waals surface area contributed by atoms with Gasteiger partial charge in [-0.1, -0.05) is 17.7 Å². The van der Waals surface area contributed by atoms with Crippen LogP contribution in [0.25, 0.3) is 0 Å². The van der Waals surface area contributed by atoms with E-state index in [9.17, 15) is 10.1 Å². The molecular formula is C23H26N6O3. The summed E-state index contributed by atoms with van der Waals surface area (Å²) in [5.41, 5.74) is 3.89. The lowest BCUT2D eigenvalue weighted by molar-refractivity contribution is -0.383. The van der Waals surface area contributed by atoms with E-state index in [2.05, 4.69) is 20.2 Å². The molecule has 9 nitrogen and oxygen atoms in total. The number of ether oxygens (including phenoxy) is 1. The van der Waals surface area contributed by atoms with Crippen LogP contribution in [0.4, 0.5) is 28.7 Å². The van der Waals surface area contributed by atoms with Crippen LogP contribution in [0.3, 0.4) is 0 Å². The fourth-order valence-corrected chi connectivity index (χ4v) is 3.91. The van der Waals surface area contributed by atoms with Gasteiger partial charge in [0, 0.05) is 37.6 Å². The molecule has 0 bridgehead atoms. The van der Waals surface area contributed by atoms with E-state index in [1.807, 2.05) is 61.2 Å². The van der Waals surface area contributed by atoms with Gasteiger partial charge >= 0.3 is 5.69 Å². The van der Waals surface area contributed by atoms with E-state index in [0.717, 1.165) is 41.3 Å². The number of methoxy groups -OCH3 is 1. The van der Waals surface area contributed by atoms with Crippen molar-refractivity contribution in [1.82, 2.24) is 9.97 Å². The summed E-state index contributed by atoms with van der Waals surface area (Å²) in [4.78, 5) is 24.3. The van der Waals surface area contributed by atoms with Gasteiger partial charge in [0.2, 0.25) is 11.6 Å². The van der Waals surface area contributed by atoms with Crippen molar-refractivity contribution in [2.45, 2.75) is 13.8 Å². The number of anilines is 4. The molecule has 0 atom stereocenters. The van der Waals surface area contributed by atoms with Crippen LogP contribution in [0.5, 0.6) is 5.75 Å². The van der Waals surface area contributed by atoms with Crippen molar-refractivity contribution in [3.63, 3.8) is 0 Å². The Morgan fingerprint density at radius 3 is 2.31 bits per heavy atom. The van der Waals surface area contributed by atoms with E-state index in [1.165, 1.54) is 6.33 Å². The van der Waals surface area contributed by atoms with Gasteiger partial charge in [0.25, 0.3) is 0 Å². The van der Waals surface area contributed by atoms with Crippen molar-refractivity contribution in [2.24, 2.45) is 0 Å². The maximum absolute atomic E-state index is 12.0. The fraction of sp³-hybridized carbons (Fsp3) is 0.304. The number of aromatic nitrogens is 2. The number of piperazine rings is 1. The lowest BCUT2D eigenvalue weighted by atomic mass is 10.1. The van der Waals surface area contributed by atoms with Crippen molar-refractivity contribution in [3.05, 3.63) is 70.0 Å². The van der Waals surface area contributed by atoms with E-state index in [1.54, 1.807) is 7.11 Å². The maximum atomic E-state index is 12.0. The minimum Gasteiger partial charge on any atom is -0.497 e. The summed E-state index contributed by atoms with van der Waals surface area (Å²) < 4.78 is 5.22. The molecule has 0 aliphatic carbocycles. The fourth-order valence-electron chi connectivity index (χ4n) is 3.91. The molecule has 2 heterocycles. The summed E-state index contributed by atoms with van der Waals surface area (Å²) in [6.07, 6.45) is 1.38. The monoisotopic (exact) mass is 434 g/mol. The van der Waals surface area contributed by atoms with Gasteiger partial charge in [-0.3, -0.25) is 10.1 Å². The summed E-state index contributed by atoms with van der Waals surface area (Å²) in [6.45, 7) is 6.66. The van der Waals surface area contributed by atoms with Crippen molar-refractivity contribution < 1.29 is 9.66 Å². The standard InChI is InChI=1S/C23H26N6O3/c1-16-4-9-20(17(2)14-16)26-22-21(29(30)31)23(25-15-24-22)28-12-10-27(11-13-28)18-5-7-19(32-3)8-6-18/h4-9,14-15H,10-13H2,1-3H3,(H,24,25,26). The highest BCUT2D eigenvalue weighted by molar-refractivity contribution is 5.75. The molecule has 2 aromatic carbocycles. The summed E-state index contributed by atoms with van der Waals surface area (Å²) in [7, 11) is 1.64. The number of benzene rings is 2. The number of aryl methyl sites for hydroxylation is 2. The maximum Gasteiger partial charge on any atom is 0.353 e. The van der Waals surface area contributed by atoms with Gasteiger partial charge in [-0.2, -0.15) is 0 Å². The number of nitrogens with zero attached hydrogens (tertiary/aromatic N) is 5. The third-order valence-corrected chi connectivity index (χ3v) is 5.64. The number of nitro groups is 1. The molecule has 0 spiro atoms. The van der Waals surface area contributed by atoms with Crippen LogP contribution in [-0.2, 0) is 0 Å². The molecule has 3 aromatic rings. The molecular weight excluding hydrogens is 408 g/mol. The molecule has 0 unspecified atom stereocenters. The van der Waals surface area contributed by atoms with Crippen molar-refractivity contribution in [3.8, 4) is 5.75 Å². The van der Waals surface area contributed by atoms with E-state index in [0.29, 0.717) is 18.9 Å². The second kappa shape index (κ2) is 9.09. The Hall–Kier alpha value is -3.88. The largest absolute Gasteiger partial charge is 0.497 e. The quantitative estimate of drug-likeness (QED) is 0.458. The molecule has 1 saturated heterocycles. The summed E-state index contributed by atoms with van der Waals surface area (Å²) in [6, 6.07) is 13.8. The molecule has 0 amide bonds. The predicted octanol–water partition coefficient (Wildman–Crippen LogP) is 4.08. The topological polar surface area (TPSA) is 96.7 Å². The number of rotatable bonds is 6. The molecule has 9 heteroatoms. The molecule has 4 rings (SSSR count). The molecule has 1 N–H and O–H groups in total. The molecule has 1 aliphatic heterocycles. The molecule has 32 heavy (non-hydrogen) atoms. The highest BCUT2D eigenvalue weighted by Gasteiger charge is 2.29. The average molecular weight is 435 g/mol. The lowest BCUT2D eigenvalue weighted by Crippen LogP contribution is -2.47. The first-order valence-electron chi connectivity index (χ1n) is 10.4. The Bertz CT molecular complexity index is 1110. The minimum absolute atomic E-state index is 0.106. The molecule has 1 fully saturated rings. The normalized spacial score (nSPS) is 13.7. The highest BCUT2D eigenvalue weighted by atomic mass is 16.6. The van der Waals surface area contributed by atoms with Gasteiger partial charge in [-0.15, -0.1) is 0 Å². The van der Waals surface area contributed by atoms with Crippen molar-refractivity contribution in [2.75, 3.05) is 48.4 Å². The van der Waals surface area contributed by atoms with E-state index in [-0.39, 0.29) is 11.5 Å². The van der Waals surface area contributed by atoms with E-state index < -0.39 is 4.92 Å². The summed E-state index contributed by atoms with van der Waals surface area (Å²) >= 11 is 0. The van der Waals surface area contributed by atoms with Crippen LogP contribution >= 0.6 is 0 Å². The zero-order valence-electron chi connectivity index (χ0n) is 18.4. The molecule has 1 aliphatic rings. The average Bonchev–Trinajstić information content (AvgIpc) is 2.81. The van der Waals surface area contributed by atoms with Crippen LogP contribution in [0.1, 0.15) is 11.1 Å². The first-order chi connectivity index (χ1) is 15.5. The van der Waals surface area contributed by atoms with Crippen LogP contribution in [-0.4, -0.2) is 48.2 Å². The molecule has 0 saturated carbocycles. The van der Waals surface area contributed by atoms with Gasteiger partial charge < -0.3 is 19.9 Å². The Morgan fingerprint density at radius 1 is 1.00 bits per heavy atom. The highest BCUT2D eigenvalue weighted by Crippen LogP contribution is 2.35. The summed E-state index contributed by atoms with van der Waals surface area (Å²) in [5.74, 6) is 1.35. The number of hydrogen-bond donors (Lipinski definition) is 1. The second-order valence-corrected chi connectivity index (χ2v) is 7.77. The summed E-state index contributed by atoms with van der Waals surface area (Å²) in [5, 5.41) is 15.1. The second-order valence-electron chi connectivity index (χ2n) is 7.77. The molecule has 1 aromatic heterocycles. The third kappa shape index (κ3) is 4.41. The Labute approximate surface area is 186 Å². The Balaban J connectivity index is 1.54. The number of nitrogens with one attached hydrogen (secondary N) is 1. The Morgan fingerprint density at radius 2 is 1.69 bits per heavy atom. The van der Waals surface area contributed by atoms with Crippen LogP contribution in [0.15, 0.2) is 48.8 Å². The van der Waals surface area contributed by atoms with Gasteiger partial charge in [0.15, 0.2) is 0 Å². The predicted molar refractivity (Wildman–Crippen MR) is 125 cm³/mol. The SMILES string of the molecule is COc1ccc(N2CCN(c3ncnc(Nc4ccc(C)cc4C)c3[N+](=O)[O-])CC2)cc1. The lowest BCUT2D eigenvalue weighted by Gasteiger charge is -2.36. The van der Waals surface area contributed by atoms with E-state index >= 15 is 0 Å². The van der Waals surface area contributed by atoms with E-state index in [4.69, 9.17) is 4.74 Å². The first-order valence-corrected chi connectivity index (χ1v) is 10.4. The van der Waals surface area contributed by atoms with Crippen molar-refractivity contribution >= 4 is 28.7 Å². The van der Waals surface area contributed by atoms with Crippen LogP contribution in [0, 0.1) is 24.0 Å². The minimum atomic E-state index is -0.406. The number of hydrogen-bond acceptors (Lipinski definition) is 8.